The van der Waals surface area contributed by atoms with Gasteiger partial charge in [0.1, 0.15) is 5.60 Å². The average molecular weight is 212 g/mol. The number of hydrogen-bond acceptors (Lipinski definition) is 3. The molecule has 0 heterocycles. The van der Waals surface area contributed by atoms with Crippen LogP contribution in [0, 0.1) is 5.92 Å². The molecule has 0 amide bonds. The van der Waals surface area contributed by atoms with E-state index in [0.717, 1.165) is 12.0 Å². The lowest BCUT2D eigenvalue weighted by atomic mass is 9.75. The van der Waals surface area contributed by atoms with Crippen LogP contribution in [0.3, 0.4) is 0 Å². The zero-order valence-corrected chi connectivity index (χ0v) is 9.75. The second kappa shape index (κ2) is 4.35. The minimum atomic E-state index is -0.711. The van der Waals surface area contributed by atoms with Gasteiger partial charge < -0.3 is 9.84 Å². The quantitative estimate of drug-likeness (QED) is 0.563. The van der Waals surface area contributed by atoms with Crippen molar-refractivity contribution in [3.8, 4) is 0 Å². The summed E-state index contributed by atoms with van der Waals surface area (Å²) in [6.45, 7) is 9.06. The minimum absolute atomic E-state index is 0.328. The molecule has 1 saturated carbocycles. The van der Waals surface area contributed by atoms with Crippen molar-refractivity contribution in [2.45, 2.75) is 51.7 Å². The van der Waals surface area contributed by atoms with E-state index < -0.39 is 11.7 Å². The monoisotopic (exact) mass is 212 g/mol. The van der Waals surface area contributed by atoms with Crippen LogP contribution >= 0.6 is 0 Å². The Morgan fingerprint density at radius 1 is 1.53 bits per heavy atom. The number of aliphatic hydroxyl groups is 1. The molecule has 1 rings (SSSR count). The highest BCUT2D eigenvalue weighted by atomic mass is 16.6. The Bertz CT molecular complexity index is 272. The lowest BCUT2D eigenvalue weighted by Gasteiger charge is -2.41. The third kappa shape index (κ3) is 2.81. The standard InChI is InChI=1S/C12H20O3/c1-8(2)10-5-6-12(4,11(14)7-10)15-9(3)13/h10-11,14H,1,5-7H2,2-4H3. The molecule has 1 fully saturated rings. The van der Waals surface area contributed by atoms with Gasteiger partial charge in [-0.1, -0.05) is 12.2 Å². The van der Waals surface area contributed by atoms with E-state index in [2.05, 4.69) is 6.58 Å². The zero-order valence-electron chi connectivity index (χ0n) is 9.75. The van der Waals surface area contributed by atoms with Crippen molar-refractivity contribution in [3.05, 3.63) is 12.2 Å². The summed E-state index contributed by atoms with van der Waals surface area (Å²) in [5, 5.41) is 9.98. The van der Waals surface area contributed by atoms with Crippen molar-refractivity contribution >= 4 is 5.97 Å². The Hall–Kier alpha value is -0.830. The Labute approximate surface area is 91.1 Å². The van der Waals surface area contributed by atoms with Crippen molar-refractivity contribution in [3.63, 3.8) is 0 Å². The average Bonchev–Trinajstić information content (AvgIpc) is 2.08. The first-order valence-electron chi connectivity index (χ1n) is 5.38. The van der Waals surface area contributed by atoms with Gasteiger partial charge in [-0.3, -0.25) is 4.79 Å². The highest BCUT2D eigenvalue weighted by Crippen LogP contribution is 2.37. The molecule has 15 heavy (non-hydrogen) atoms. The summed E-state index contributed by atoms with van der Waals surface area (Å²) in [4.78, 5) is 10.9. The van der Waals surface area contributed by atoms with Crippen molar-refractivity contribution in [1.82, 2.24) is 0 Å². The Kier molecular flexibility index (Phi) is 3.55. The van der Waals surface area contributed by atoms with Gasteiger partial charge in [0, 0.05) is 6.92 Å². The van der Waals surface area contributed by atoms with E-state index in [1.54, 1.807) is 6.92 Å². The molecule has 3 atom stereocenters. The second-order valence-electron chi connectivity index (χ2n) is 4.74. The number of ether oxygens (including phenoxy) is 1. The van der Waals surface area contributed by atoms with Gasteiger partial charge in [-0.15, -0.1) is 0 Å². The van der Waals surface area contributed by atoms with Crippen LogP contribution in [0.1, 0.15) is 40.0 Å². The number of hydrogen-bond donors (Lipinski definition) is 1. The predicted molar refractivity (Wildman–Crippen MR) is 58.3 cm³/mol. The molecule has 0 bridgehead atoms. The summed E-state index contributed by atoms with van der Waals surface area (Å²) in [5.41, 5.74) is 0.386. The second-order valence-corrected chi connectivity index (χ2v) is 4.74. The van der Waals surface area contributed by atoms with Crippen molar-refractivity contribution < 1.29 is 14.6 Å². The highest BCUT2D eigenvalue weighted by Gasteiger charge is 2.41. The van der Waals surface area contributed by atoms with Gasteiger partial charge in [-0.2, -0.15) is 0 Å². The molecule has 86 valence electrons. The summed E-state index contributed by atoms with van der Waals surface area (Å²) in [5.74, 6) is 0.0222. The molecule has 0 spiro atoms. The van der Waals surface area contributed by atoms with Gasteiger partial charge >= 0.3 is 5.97 Å². The maximum atomic E-state index is 10.9. The molecule has 0 radical (unpaired) electrons. The summed E-state index contributed by atoms with van der Waals surface area (Å²) < 4.78 is 5.20. The van der Waals surface area contributed by atoms with Crippen molar-refractivity contribution in [1.29, 1.82) is 0 Å². The van der Waals surface area contributed by atoms with Crippen LogP contribution in [-0.2, 0) is 9.53 Å². The van der Waals surface area contributed by atoms with Gasteiger partial charge in [0.2, 0.25) is 0 Å². The van der Waals surface area contributed by atoms with Crippen LogP contribution in [0.2, 0.25) is 0 Å². The number of rotatable bonds is 2. The van der Waals surface area contributed by atoms with Crippen molar-refractivity contribution in [2.24, 2.45) is 5.92 Å². The fraction of sp³-hybridized carbons (Fsp3) is 0.750. The predicted octanol–water partition coefficient (Wildman–Crippen LogP) is 2.05. The molecule has 0 saturated heterocycles. The number of carbonyl (C=O) groups excluding carboxylic acids is 1. The first-order chi connectivity index (χ1) is 6.85. The maximum Gasteiger partial charge on any atom is 0.303 e. The lowest BCUT2D eigenvalue weighted by Crippen LogP contribution is -2.47. The zero-order chi connectivity index (χ0) is 11.6. The molecule has 3 unspecified atom stereocenters. The van der Waals surface area contributed by atoms with E-state index in [9.17, 15) is 9.90 Å². The minimum Gasteiger partial charge on any atom is -0.457 e. The Morgan fingerprint density at radius 2 is 2.13 bits per heavy atom. The van der Waals surface area contributed by atoms with E-state index in [0.29, 0.717) is 18.8 Å². The number of esters is 1. The largest absolute Gasteiger partial charge is 0.457 e. The van der Waals surface area contributed by atoms with E-state index in [4.69, 9.17) is 4.74 Å². The summed E-state index contributed by atoms with van der Waals surface area (Å²) >= 11 is 0. The fourth-order valence-corrected chi connectivity index (χ4v) is 2.16. The van der Waals surface area contributed by atoms with Crippen LogP contribution in [0.4, 0.5) is 0 Å². The van der Waals surface area contributed by atoms with E-state index in [1.807, 2.05) is 6.92 Å². The van der Waals surface area contributed by atoms with E-state index in [1.165, 1.54) is 6.92 Å². The third-order valence-electron chi connectivity index (χ3n) is 3.28. The van der Waals surface area contributed by atoms with Crippen LogP contribution in [0.15, 0.2) is 12.2 Å². The SMILES string of the molecule is C=C(C)C1CCC(C)(OC(C)=O)C(O)C1. The number of carbonyl (C=O) groups is 1. The molecule has 0 aromatic rings. The molecule has 3 nitrogen and oxygen atoms in total. The summed E-state index contributed by atoms with van der Waals surface area (Å²) in [7, 11) is 0. The molecule has 1 aliphatic carbocycles. The number of allylic oxidation sites excluding steroid dienone is 1. The molecule has 0 aliphatic heterocycles. The molecular formula is C12H20O3. The molecule has 1 N–H and O–H groups in total. The van der Waals surface area contributed by atoms with Crippen LogP contribution < -0.4 is 0 Å². The Morgan fingerprint density at radius 3 is 2.53 bits per heavy atom. The first-order valence-corrected chi connectivity index (χ1v) is 5.38. The van der Waals surface area contributed by atoms with Crippen LogP contribution in [-0.4, -0.2) is 22.8 Å². The van der Waals surface area contributed by atoms with Crippen LogP contribution in [0.25, 0.3) is 0 Å². The molecule has 0 aromatic heterocycles. The van der Waals surface area contributed by atoms with Gasteiger partial charge in [-0.25, -0.2) is 0 Å². The lowest BCUT2D eigenvalue weighted by molar-refractivity contribution is -0.175. The topological polar surface area (TPSA) is 46.5 Å². The summed E-state index contributed by atoms with van der Waals surface area (Å²) in [6.07, 6.45) is 1.68. The van der Waals surface area contributed by atoms with E-state index in [-0.39, 0.29) is 5.97 Å². The van der Waals surface area contributed by atoms with Crippen molar-refractivity contribution in [2.75, 3.05) is 0 Å². The number of aliphatic hydroxyl groups excluding tert-OH is 1. The molecule has 3 heteroatoms. The smallest absolute Gasteiger partial charge is 0.303 e. The van der Waals surface area contributed by atoms with Gasteiger partial charge in [0.15, 0.2) is 0 Å². The molecule has 0 aromatic carbocycles. The first kappa shape index (κ1) is 12.2. The molecule has 1 aliphatic rings. The fourth-order valence-electron chi connectivity index (χ4n) is 2.16. The maximum absolute atomic E-state index is 10.9. The Balaban J connectivity index is 2.66. The third-order valence-corrected chi connectivity index (χ3v) is 3.28. The van der Waals surface area contributed by atoms with E-state index >= 15 is 0 Å². The highest BCUT2D eigenvalue weighted by molar-refractivity contribution is 5.66. The molecular weight excluding hydrogens is 192 g/mol. The van der Waals surface area contributed by atoms with Gasteiger partial charge in [-0.05, 0) is 39.0 Å². The van der Waals surface area contributed by atoms with Gasteiger partial charge in [0.05, 0.1) is 6.10 Å². The van der Waals surface area contributed by atoms with Gasteiger partial charge in [0.25, 0.3) is 0 Å². The normalized spacial score (nSPS) is 36.0. The summed E-state index contributed by atoms with van der Waals surface area (Å²) in [6, 6.07) is 0. The van der Waals surface area contributed by atoms with Crippen LogP contribution in [0.5, 0.6) is 0 Å².